The summed E-state index contributed by atoms with van der Waals surface area (Å²) in [6.45, 7) is 2.81. The zero-order chi connectivity index (χ0) is 16.4. The summed E-state index contributed by atoms with van der Waals surface area (Å²) in [7, 11) is 2.09. The van der Waals surface area contributed by atoms with E-state index in [-0.39, 0.29) is 18.4 Å². The monoisotopic (exact) mass is 377 g/mol. The summed E-state index contributed by atoms with van der Waals surface area (Å²) in [4.78, 5) is 11.4. The molecule has 0 radical (unpaired) electrons. The zero-order valence-electron chi connectivity index (χ0n) is 13.9. The van der Waals surface area contributed by atoms with Gasteiger partial charge < -0.3 is 9.84 Å². The van der Waals surface area contributed by atoms with E-state index in [0.717, 1.165) is 42.6 Å². The normalized spacial score (nSPS) is 18.0. The fraction of sp³-hybridized carbons (Fsp3) is 0.353. The molecule has 1 aliphatic rings. The van der Waals surface area contributed by atoms with Crippen LogP contribution in [0.15, 0.2) is 40.2 Å². The van der Waals surface area contributed by atoms with Crippen molar-refractivity contribution in [2.75, 3.05) is 26.7 Å². The molecule has 132 valence electrons. The molecule has 1 fully saturated rings. The minimum absolute atomic E-state index is 0. The molecule has 1 saturated heterocycles. The molecule has 0 spiro atoms. The number of nitrogens with zero attached hydrogens (tertiary/aromatic N) is 4. The van der Waals surface area contributed by atoms with Gasteiger partial charge in [0, 0.05) is 31.4 Å². The highest BCUT2D eigenvalue weighted by Crippen LogP contribution is 2.25. The average Bonchev–Trinajstić information content (AvgIpc) is 3.25. The Morgan fingerprint density at radius 1 is 1.28 bits per heavy atom. The van der Waals surface area contributed by atoms with E-state index in [1.807, 2.05) is 23.6 Å². The number of rotatable bonds is 4. The number of aromatic nitrogens is 3. The van der Waals surface area contributed by atoms with Crippen molar-refractivity contribution in [1.29, 1.82) is 0 Å². The van der Waals surface area contributed by atoms with Crippen LogP contribution in [0.2, 0.25) is 0 Å². The fourth-order valence-corrected chi connectivity index (χ4v) is 3.63. The predicted molar refractivity (Wildman–Crippen MR) is 100 cm³/mol. The van der Waals surface area contributed by atoms with Gasteiger partial charge in [0.2, 0.25) is 0 Å². The molecule has 2 aromatic heterocycles. The van der Waals surface area contributed by atoms with Gasteiger partial charge in [-0.05, 0) is 12.6 Å². The number of hydrogen-bond donors (Lipinski definition) is 1. The molecule has 0 saturated carbocycles. The summed E-state index contributed by atoms with van der Waals surface area (Å²) < 4.78 is 5.44. The first kappa shape index (κ1) is 18.0. The summed E-state index contributed by atoms with van der Waals surface area (Å²) in [5.41, 5.74) is 2.01. The molecule has 1 unspecified atom stereocenters. The largest absolute Gasteiger partial charge is 0.332 e. The second-order valence-electron chi connectivity index (χ2n) is 5.95. The maximum Gasteiger partial charge on any atom is 0.277 e. The zero-order valence-corrected chi connectivity index (χ0v) is 15.5. The molecule has 3 aromatic rings. The Labute approximate surface area is 156 Å². The van der Waals surface area contributed by atoms with Gasteiger partial charge in [-0.1, -0.05) is 35.5 Å². The van der Waals surface area contributed by atoms with Crippen LogP contribution in [0.5, 0.6) is 0 Å². The Balaban J connectivity index is 0.00000182. The molecule has 6 nitrogen and oxygen atoms in total. The molecule has 1 N–H and O–H groups in total. The molecule has 25 heavy (non-hydrogen) atoms. The smallest absolute Gasteiger partial charge is 0.277 e. The summed E-state index contributed by atoms with van der Waals surface area (Å²) in [5, 5.41) is 10.6. The van der Waals surface area contributed by atoms with E-state index >= 15 is 0 Å². The lowest BCUT2D eigenvalue weighted by Crippen LogP contribution is -2.44. The van der Waals surface area contributed by atoms with Crippen LogP contribution in [0.1, 0.15) is 22.4 Å². The van der Waals surface area contributed by atoms with Crippen LogP contribution < -0.4 is 5.32 Å². The van der Waals surface area contributed by atoms with Crippen LogP contribution in [0.4, 0.5) is 0 Å². The van der Waals surface area contributed by atoms with Crippen LogP contribution in [-0.4, -0.2) is 46.7 Å². The maximum absolute atomic E-state index is 5.44. The third-order valence-electron chi connectivity index (χ3n) is 4.22. The lowest BCUT2D eigenvalue weighted by molar-refractivity contribution is 0.190. The Kier molecular flexibility index (Phi) is 5.80. The van der Waals surface area contributed by atoms with E-state index in [0.29, 0.717) is 5.89 Å². The van der Waals surface area contributed by atoms with Crippen LogP contribution in [-0.2, 0) is 6.42 Å². The molecule has 0 bridgehead atoms. The summed E-state index contributed by atoms with van der Waals surface area (Å²) in [6.07, 6.45) is 0.821. The lowest BCUT2D eigenvalue weighted by atomic mass is 10.2. The van der Waals surface area contributed by atoms with E-state index in [1.54, 1.807) is 11.3 Å². The number of hydrogen-bond acceptors (Lipinski definition) is 7. The second-order valence-corrected chi connectivity index (χ2v) is 6.89. The highest BCUT2D eigenvalue weighted by Gasteiger charge is 2.26. The first-order valence-electron chi connectivity index (χ1n) is 8.03. The van der Waals surface area contributed by atoms with Crippen LogP contribution >= 0.6 is 23.7 Å². The van der Waals surface area contributed by atoms with Gasteiger partial charge in [0.25, 0.3) is 5.89 Å². The van der Waals surface area contributed by atoms with Gasteiger partial charge in [-0.2, -0.15) is 4.98 Å². The van der Waals surface area contributed by atoms with E-state index in [4.69, 9.17) is 4.52 Å². The molecule has 0 aliphatic carbocycles. The summed E-state index contributed by atoms with van der Waals surface area (Å²) >= 11 is 1.62. The first-order chi connectivity index (χ1) is 11.8. The fourth-order valence-electron chi connectivity index (χ4n) is 2.83. The Morgan fingerprint density at radius 2 is 2.12 bits per heavy atom. The topological polar surface area (TPSA) is 67.1 Å². The van der Waals surface area contributed by atoms with E-state index in [2.05, 4.69) is 44.5 Å². The number of halogens is 1. The number of likely N-dealkylation sites (N-methyl/N-ethyl adjacent to an activating group) is 1. The van der Waals surface area contributed by atoms with Gasteiger partial charge in [0.15, 0.2) is 5.82 Å². The predicted octanol–water partition coefficient (Wildman–Crippen LogP) is 2.78. The molecule has 1 aromatic carbocycles. The Bertz CT molecular complexity index is 806. The standard InChI is InChI=1S/C17H19N5OS.ClH/c1-22-8-7-18-10-14(22)16-20-17(23-21-16)13-11-24-15(19-13)9-12-5-3-2-4-6-12;/h2-6,11,14,18H,7-10H2,1H3;1H. The minimum Gasteiger partial charge on any atom is -0.332 e. The van der Waals surface area contributed by atoms with Crippen molar-refractivity contribution in [2.45, 2.75) is 12.5 Å². The van der Waals surface area contributed by atoms with Crippen molar-refractivity contribution in [3.05, 3.63) is 52.1 Å². The molecule has 1 aliphatic heterocycles. The van der Waals surface area contributed by atoms with Gasteiger partial charge in [-0.15, -0.1) is 23.7 Å². The van der Waals surface area contributed by atoms with Gasteiger partial charge in [0.05, 0.1) is 11.0 Å². The van der Waals surface area contributed by atoms with Crippen molar-refractivity contribution >= 4 is 23.7 Å². The SMILES string of the molecule is CN1CCNCC1c1noc(-c2csc(Cc3ccccc3)n2)n1.Cl. The minimum atomic E-state index is 0. The quantitative estimate of drug-likeness (QED) is 0.754. The van der Waals surface area contributed by atoms with Gasteiger partial charge >= 0.3 is 0 Å². The van der Waals surface area contributed by atoms with Crippen LogP contribution in [0, 0.1) is 0 Å². The van der Waals surface area contributed by atoms with Crippen molar-refractivity contribution in [3.8, 4) is 11.6 Å². The van der Waals surface area contributed by atoms with E-state index < -0.39 is 0 Å². The Hall–Kier alpha value is -1.80. The van der Waals surface area contributed by atoms with Crippen molar-refractivity contribution in [2.24, 2.45) is 0 Å². The average molecular weight is 378 g/mol. The molecule has 8 heteroatoms. The van der Waals surface area contributed by atoms with Crippen molar-refractivity contribution in [1.82, 2.24) is 25.3 Å². The van der Waals surface area contributed by atoms with Crippen molar-refractivity contribution < 1.29 is 4.52 Å². The summed E-state index contributed by atoms with van der Waals surface area (Å²) in [6, 6.07) is 10.5. The third-order valence-corrected chi connectivity index (χ3v) is 5.07. The number of nitrogens with one attached hydrogen (secondary N) is 1. The van der Waals surface area contributed by atoms with Gasteiger partial charge in [-0.25, -0.2) is 4.98 Å². The third kappa shape index (κ3) is 4.07. The molecule has 4 rings (SSSR count). The Morgan fingerprint density at radius 3 is 2.92 bits per heavy atom. The second kappa shape index (κ2) is 8.05. The first-order valence-corrected chi connectivity index (χ1v) is 8.91. The van der Waals surface area contributed by atoms with E-state index in [1.165, 1.54) is 5.56 Å². The van der Waals surface area contributed by atoms with E-state index in [9.17, 15) is 0 Å². The van der Waals surface area contributed by atoms with Crippen LogP contribution in [0.3, 0.4) is 0 Å². The molecule has 3 heterocycles. The van der Waals surface area contributed by atoms with Gasteiger partial charge in [0.1, 0.15) is 5.69 Å². The molecular formula is C17H20ClN5OS. The highest BCUT2D eigenvalue weighted by atomic mass is 35.5. The van der Waals surface area contributed by atoms with Gasteiger partial charge in [-0.3, -0.25) is 4.90 Å². The maximum atomic E-state index is 5.44. The number of piperazine rings is 1. The molecular weight excluding hydrogens is 358 g/mol. The number of thiazole rings is 1. The molecule has 0 amide bonds. The lowest BCUT2D eigenvalue weighted by Gasteiger charge is -2.30. The summed E-state index contributed by atoms with van der Waals surface area (Å²) in [5.74, 6) is 1.22. The van der Waals surface area contributed by atoms with Crippen LogP contribution in [0.25, 0.3) is 11.6 Å². The highest BCUT2D eigenvalue weighted by molar-refractivity contribution is 7.10. The van der Waals surface area contributed by atoms with Crippen molar-refractivity contribution in [3.63, 3.8) is 0 Å². The molecule has 1 atom stereocenters. The number of benzene rings is 1.